The lowest BCUT2D eigenvalue weighted by Crippen LogP contribution is -2.47. The Morgan fingerprint density at radius 3 is 2.70 bits per heavy atom. The summed E-state index contributed by atoms with van der Waals surface area (Å²) >= 11 is 0. The molecule has 3 N–H and O–H groups in total. The fourth-order valence-corrected chi connectivity index (χ4v) is 2.79. The van der Waals surface area contributed by atoms with Crippen molar-refractivity contribution in [1.29, 1.82) is 0 Å². The van der Waals surface area contributed by atoms with Gasteiger partial charge in [0.15, 0.2) is 0 Å². The van der Waals surface area contributed by atoms with Crippen LogP contribution in [0.3, 0.4) is 0 Å². The summed E-state index contributed by atoms with van der Waals surface area (Å²) in [5.74, 6) is -0.174. The number of nitrogens with one attached hydrogen (secondary N) is 1. The molecular formula is C16H24ClFN2O3. The molecule has 2 atom stereocenters. The Morgan fingerprint density at radius 1 is 1.43 bits per heavy atom. The molecule has 0 spiro atoms. The molecule has 2 rings (SSSR count). The van der Waals surface area contributed by atoms with Crippen LogP contribution in [-0.4, -0.2) is 32.3 Å². The smallest absolute Gasteiger partial charge is 0.237 e. The minimum absolute atomic E-state index is 0. The van der Waals surface area contributed by atoms with Gasteiger partial charge in [-0.25, -0.2) is 4.39 Å². The largest absolute Gasteiger partial charge is 0.496 e. The van der Waals surface area contributed by atoms with E-state index < -0.39 is 17.9 Å². The van der Waals surface area contributed by atoms with E-state index in [0.29, 0.717) is 24.5 Å². The van der Waals surface area contributed by atoms with E-state index in [0.717, 1.165) is 12.8 Å². The normalized spacial score (nSPS) is 17.7. The van der Waals surface area contributed by atoms with Crippen molar-refractivity contribution >= 4 is 18.3 Å². The van der Waals surface area contributed by atoms with Crippen molar-refractivity contribution in [3.63, 3.8) is 0 Å². The molecule has 7 heteroatoms. The summed E-state index contributed by atoms with van der Waals surface area (Å²) in [7, 11) is 1.47. The van der Waals surface area contributed by atoms with Crippen LogP contribution in [-0.2, 0) is 9.53 Å². The van der Waals surface area contributed by atoms with Gasteiger partial charge < -0.3 is 20.5 Å². The number of halogens is 2. The van der Waals surface area contributed by atoms with Gasteiger partial charge in [-0.15, -0.1) is 12.4 Å². The predicted molar refractivity (Wildman–Crippen MR) is 88.3 cm³/mol. The molecule has 1 aromatic carbocycles. The van der Waals surface area contributed by atoms with Gasteiger partial charge in [0.2, 0.25) is 5.91 Å². The quantitative estimate of drug-likeness (QED) is 0.857. The van der Waals surface area contributed by atoms with Crippen LogP contribution in [0.5, 0.6) is 5.75 Å². The predicted octanol–water partition coefficient (Wildman–Crippen LogP) is 2.19. The fourth-order valence-electron chi connectivity index (χ4n) is 2.79. The Kier molecular flexibility index (Phi) is 7.75. The molecule has 0 aliphatic carbocycles. The second-order valence-electron chi connectivity index (χ2n) is 5.56. The van der Waals surface area contributed by atoms with Crippen molar-refractivity contribution in [2.75, 3.05) is 20.3 Å². The number of benzene rings is 1. The highest BCUT2D eigenvalue weighted by molar-refractivity contribution is 5.85. The highest BCUT2D eigenvalue weighted by atomic mass is 35.5. The minimum Gasteiger partial charge on any atom is -0.496 e. The zero-order valence-corrected chi connectivity index (χ0v) is 14.2. The molecule has 0 bridgehead atoms. The maximum absolute atomic E-state index is 14.0. The van der Waals surface area contributed by atoms with Crippen molar-refractivity contribution in [2.45, 2.75) is 31.8 Å². The molecular weight excluding hydrogens is 323 g/mol. The van der Waals surface area contributed by atoms with E-state index in [1.165, 1.54) is 13.2 Å². The number of methoxy groups -OCH3 is 1. The Bertz CT molecular complexity index is 524. The number of amides is 1. The Labute approximate surface area is 142 Å². The summed E-state index contributed by atoms with van der Waals surface area (Å²) < 4.78 is 24.5. The zero-order chi connectivity index (χ0) is 16.1. The summed E-state index contributed by atoms with van der Waals surface area (Å²) in [6, 6.07) is 3.46. The number of hydrogen-bond donors (Lipinski definition) is 2. The van der Waals surface area contributed by atoms with Crippen LogP contribution >= 0.6 is 12.4 Å². The number of carbonyl (C=O) groups is 1. The average Bonchev–Trinajstić information content (AvgIpc) is 2.54. The van der Waals surface area contributed by atoms with Crippen LogP contribution in [0.4, 0.5) is 4.39 Å². The first-order valence-electron chi connectivity index (χ1n) is 7.50. The molecule has 0 aromatic heterocycles. The van der Waals surface area contributed by atoms with E-state index in [4.69, 9.17) is 15.2 Å². The molecule has 1 fully saturated rings. The molecule has 0 radical (unpaired) electrons. The third-order valence-corrected chi connectivity index (χ3v) is 4.10. The summed E-state index contributed by atoms with van der Waals surface area (Å²) in [6.07, 6.45) is 1.54. The van der Waals surface area contributed by atoms with Crippen molar-refractivity contribution < 1.29 is 18.7 Å². The van der Waals surface area contributed by atoms with Crippen molar-refractivity contribution in [2.24, 2.45) is 11.7 Å². The number of hydrogen-bond acceptors (Lipinski definition) is 4. The van der Waals surface area contributed by atoms with Crippen LogP contribution < -0.4 is 15.8 Å². The summed E-state index contributed by atoms with van der Waals surface area (Å²) in [5.41, 5.74) is 6.37. The summed E-state index contributed by atoms with van der Waals surface area (Å²) in [6.45, 7) is 2.97. The Morgan fingerprint density at radius 2 is 2.09 bits per heavy atom. The van der Waals surface area contributed by atoms with Gasteiger partial charge in [-0.3, -0.25) is 4.79 Å². The molecule has 23 heavy (non-hydrogen) atoms. The fraction of sp³-hybridized carbons (Fsp3) is 0.562. The van der Waals surface area contributed by atoms with Crippen molar-refractivity contribution in [3.8, 4) is 5.75 Å². The van der Waals surface area contributed by atoms with Gasteiger partial charge >= 0.3 is 0 Å². The standard InChI is InChI=1S/C16H23FN2O3.ClH/c1-10(14-12(17)4-3-5-13(14)21-2)19-16(20)15(18)11-6-8-22-9-7-11;/h3-5,10-11,15H,6-9,18H2,1-2H3,(H,19,20);1H. The molecule has 130 valence electrons. The third-order valence-electron chi connectivity index (χ3n) is 4.10. The maximum atomic E-state index is 14.0. The Hall–Kier alpha value is -1.37. The van der Waals surface area contributed by atoms with Crippen molar-refractivity contribution in [3.05, 3.63) is 29.6 Å². The van der Waals surface area contributed by atoms with Gasteiger partial charge in [0.25, 0.3) is 0 Å². The van der Waals surface area contributed by atoms with Crippen LogP contribution in [0.1, 0.15) is 31.4 Å². The van der Waals surface area contributed by atoms with Gasteiger partial charge in [-0.1, -0.05) is 6.07 Å². The first-order chi connectivity index (χ1) is 10.5. The lowest BCUT2D eigenvalue weighted by Gasteiger charge is -2.28. The number of rotatable bonds is 5. The van der Waals surface area contributed by atoms with E-state index in [1.54, 1.807) is 19.1 Å². The van der Waals surface area contributed by atoms with Gasteiger partial charge in [0.1, 0.15) is 11.6 Å². The number of nitrogens with two attached hydrogens (primary N) is 1. The van der Waals surface area contributed by atoms with E-state index >= 15 is 0 Å². The second-order valence-corrected chi connectivity index (χ2v) is 5.56. The van der Waals surface area contributed by atoms with Crippen LogP contribution in [0.25, 0.3) is 0 Å². The molecule has 1 aliphatic heterocycles. The lowest BCUT2D eigenvalue weighted by molar-refractivity contribution is -0.125. The lowest BCUT2D eigenvalue weighted by atomic mass is 9.91. The SMILES string of the molecule is COc1cccc(F)c1C(C)NC(=O)C(N)C1CCOCC1.Cl. The van der Waals surface area contributed by atoms with Crippen LogP contribution in [0.2, 0.25) is 0 Å². The zero-order valence-electron chi connectivity index (χ0n) is 13.4. The summed E-state index contributed by atoms with van der Waals surface area (Å²) in [5, 5.41) is 2.78. The highest BCUT2D eigenvalue weighted by Gasteiger charge is 2.28. The minimum atomic E-state index is -0.607. The molecule has 1 amide bonds. The maximum Gasteiger partial charge on any atom is 0.237 e. The summed E-state index contributed by atoms with van der Waals surface area (Å²) in [4.78, 5) is 12.3. The van der Waals surface area contributed by atoms with E-state index in [-0.39, 0.29) is 24.2 Å². The first kappa shape index (κ1) is 19.7. The monoisotopic (exact) mass is 346 g/mol. The third kappa shape index (κ3) is 4.80. The van der Waals surface area contributed by atoms with Crippen molar-refractivity contribution in [1.82, 2.24) is 5.32 Å². The molecule has 1 saturated heterocycles. The topological polar surface area (TPSA) is 73.6 Å². The van der Waals surface area contributed by atoms with Gasteiger partial charge in [-0.05, 0) is 37.8 Å². The van der Waals surface area contributed by atoms with Crippen LogP contribution in [0.15, 0.2) is 18.2 Å². The van der Waals surface area contributed by atoms with Gasteiger partial charge in [-0.2, -0.15) is 0 Å². The number of carbonyl (C=O) groups excluding carboxylic acids is 1. The average molecular weight is 347 g/mol. The van der Waals surface area contributed by atoms with E-state index in [9.17, 15) is 9.18 Å². The molecule has 1 heterocycles. The van der Waals surface area contributed by atoms with Gasteiger partial charge in [0.05, 0.1) is 24.8 Å². The molecule has 2 unspecified atom stereocenters. The van der Waals surface area contributed by atoms with Gasteiger partial charge in [0, 0.05) is 13.2 Å². The molecule has 1 aromatic rings. The Balaban J connectivity index is 0.00000264. The molecule has 0 saturated carbocycles. The number of ether oxygens (including phenoxy) is 2. The van der Waals surface area contributed by atoms with Crippen LogP contribution in [0, 0.1) is 11.7 Å². The molecule has 1 aliphatic rings. The van der Waals surface area contributed by atoms with E-state index in [2.05, 4.69) is 5.32 Å². The highest BCUT2D eigenvalue weighted by Crippen LogP contribution is 2.28. The molecule has 5 nitrogen and oxygen atoms in total. The second kappa shape index (κ2) is 9.05. The van der Waals surface area contributed by atoms with E-state index in [1.807, 2.05) is 0 Å². The first-order valence-corrected chi connectivity index (χ1v) is 7.50.